The number of aliphatic hydroxyl groups excluding tert-OH is 1. The summed E-state index contributed by atoms with van der Waals surface area (Å²) in [4.78, 5) is 10.3. The van der Waals surface area contributed by atoms with E-state index in [2.05, 4.69) is 0 Å². The highest BCUT2D eigenvalue weighted by Gasteiger charge is 2.31. The Morgan fingerprint density at radius 3 is 2.20 bits per heavy atom. The van der Waals surface area contributed by atoms with Crippen LogP contribution in [0.3, 0.4) is 0 Å². The SMILES string of the molecule is CC(=O)c1ccc(CO)c(-c2c3ccc(=N)c(S(=O)(=O)O)c-3oc3c(S(=O)(=O)O)c(N)ccc23)c1. The highest BCUT2D eigenvalue weighted by molar-refractivity contribution is 7.86. The number of nitrogen functional groups attached to an aromatic ring is 1. The Labute approximate surface area is 198 Å². The minimum absolute atomic E-state index is 0.0163. The summed E-state index contributed by atoms with van der Waals surface area (Å²) in [5, 5.41) is 17.4. The van der Waals surface area contributed by atoms with E-state index < -0.39 is 59.0 Å². The van der Waals surface area contributed by atoms with Gasteiger partial charge in [-0.3, -0.25) is 19.3 Å². The highest BCUT2D eigenvalue weighted by Crippen LogP contribution is 2.45. The molecule has 6 N–H and O–H groups in total. The molecule has 35 heavy (non-hydrogen) atoms. The Bertz CT molecular complexity index is 1790. The summed E-state index contributed by atoms with van der Waals surface area (Å²) < 4.78 is 74.0. The lowest BCUT2D eigenvalue weighted by molar-refractivity contribution is 0.101. The number of carbonyl (C=O) groups excluding carboxylic acids is 1. The molecule has 0 aromatic heterocycles. The van der Waals surface area contributed by atoms with Crippen molar-refractivity contribution >= 4 is 42.7 Å². The number of nitrogens with two attached hydrogens (primary N) is 1. The maximum Gasteiger partial charge on any atom is 0.300 e. The summed E-state index contributed by atoms with van der Waals surface area (Å²) in [6.45, 7) is 0.804. The van der Waals surface area contributed by atoms with E-state index in [1.807, 2.05) is 0 Å². The van der Waals surface area contributed by atoms with E-state index >= 15 is 0 Å². The van der Waals surface area contributed by atoms with Gasteiger partial charge in [0.2, 0.25) is 0 Å². The van der Waals surface area contributed by atoms with Crippen LogP contribution in [-0.4, -0.2) is 36.8 Å². The van der Waals surface area contributed by atoms with Crippen molar-refractivity contribution in [2.24, 2.45) is 0 Å². The number of rotatable bonds is 5. The average Bonchev–Trinajstić information content (AvgIpc) is 2.74. The standard InChI is InChI=1S/C22H18N2O9S2/c1-10(26)11-2-3-12(9-25)15(8-11)18-13-4-6-16(23)21(34(27,28)29)19(13)33-20-14(18)5-7-17(24)22(20)35(30,31)32/h2-8,23,25H,9,24H2,1H3,(H,27,28,29)(H,30,31,32). The van der Waals surface area contributed by atoms with E-state index in [-0.39, 0.29) is 39.0 Å². The Hall–Kier alpha value is -3.62. The number of benzene rings is 3. The van der Waals surface area contributed by atoms with Crippen LogP contribution in [0.25, 0.3) is 33.4 Å². The van der Waals surface area contributed by atoms with Crippen LogP contribution < -0.4 is 11.1 Å². The lowest BCUT2D eigenvalue weighted by atomic mass is 9.89. The summed E-state index contributed by atoms with van der Waals surface area (Å²) in [5.74, 6) is -0.907. The summed E-state index contributed by atoms with van der Waals surface area (Å²) in [6, 6.07) is 9.32. The molecular formula is C22H18N2O9S2. The minimum atomic E-state index is -5.05. The van der Waals surface area contributed by atoms with Crippen LogP contribution in [0.1, 0.15) is 22.8 Å². The van der Waals surface area contributed by atoms with Gasteiger partial charge in [0.05, 0.1) is 17.7 Å². The van der Waals surface area contributed by atoms with Crippen molar-refractivity contribution in [2.75, 3.05) is 5.73 Å². The molecule has 0 bridgehead atoms. The van der Waals surface area contributed by atoms with Gasteiger partial charge in [-0.2, -0.15) is 16.8 Å². The quantitative estimate of drug-likeness (QED) is 0.113. The van der Waals surface area contributed by atoms with Crippen molar-refractivity contribution in [1.29, 1.82) is 5.41 Å². The maximum atomic E-state index is 12.2. The Kier molecular flexibility index (Phi) is 5.78. The molecular weight excluding hydrogens is 500 g/mol. The van der Waals surface area contributed by atoms with Gasteiger partial charge in [0.15, 0.2) is 26.9 Å². The molecule has 0 saturated carbocycles. The van der Waals surface area contributed by atoms with Crippen LogP contribution >= 0.6 is 0 Å². The molecule has 4 rings (SSSR count). The van der Waals surface area contributed by atoms with Crippen LogP contribution in [0.2, 0.25) is 0 Å². The van der Waals surface area contributed by atoms with Crippen LogP contribution in [0.5, 0.6) is 0 Å². The summed E-state index contributed by atoms with van der Waals surface area (Å²) in [5.41, 5.74) is 5.70. The number of fused-ring (bicyclic) bond motifs is 2. The molecule has 0 amide bonds. The fraction of sp³-hybridized carbons (Fsp3) is 0.0909. The molecule has 2 aromatic rings. The maximum absolute atomic E-state index is 12.2. The van der Waals surface area contributed by atoms with Crippen LogP contribution in [0.15, 0.2) is 56.7 Å². The van der Waals surface area contributed by atoms with Gasteiger partial charge in [-0.05, 0) is 48.4 Å². The summed E-state index contributed by atoms with van der Waals surface area (Å²) in [6.07, 6.45) is 0. The van der Waals surface area contributed by atoms with Crippen molar-refractivity contribution in [3.05, 3.63) is 58.9 Å². The van der Waals surface area contributed by atoms with Crippen molar-refractivity contribution in [1.82, 2.24) is 0 Å². The zero-order valence-corrected chi connectivity index (χ0v) is 19.6. The largest absolute Gasteiger partial charge is 0.453 e. The molecule has 0 radical (unpaired) electrons. The van der Waals surface area contributed by atoms with Crippen molar-refractivity contribution in [3.8, 4) is 22.5 Å². The molecule has 0 saturated heterocycles. The second kappa shape index (κ2) is 8.25. The summed E-state index contributed by atoms with van der Waals surface area (Å²) in [7, 11) is -10.1. The first kappa shape index (κ1) is 24.5. The third-order valence-electron chi connectivity index (χ3n) is 5.47. The predicted octanol–water partition coefficient (Wildman–Crippen LogP) is 2.45. The average molecular weight is 519 g/mol. The van der Waals surface area contributed by atoms with Crippen molar-refractivity contribution in [3.63, 3.8) is 0 Å². The number of aliphatic hydroxyl groups is 1. The number of nitrogens with one attached hydrogen (secondary N) is 1. The molecule has 1 aliphatic heterocycles. The van der Waals surface area contributed by atoms with Crippen molar-refractivity contribution < 1.29 is 40.3 Å². The van der Waals surface area contributed by atoms with E-state index in [0.29, 0.717) is 0 Å². The molecule has 2 aromatic carbocycles. The first-order chi connectivity index (χ1) is 16.3. The minimum Gasteiger partial charge on any atom is -0.453 e. The van der Waals surface area contributed by atoms with Gasteiger partial charge in [-0.1, -0.05) is 12.1 Å². The molecule has 1 heterocycles. The van der Waals surface area contributed by atoms with Gasteiger partial charge in [0.1, 0.15) is 0 Å². The number of Topliss-reactive ketones (excluding diaryl/α,β-unsaturated/α-hetero) is 1. The third-order valence-corrected chi connectivity index (χ3v) is 7.33. The van der Waals surface area contributed by atoms with E-state index in [4.69, 9.17) is 15.6 Å². The number of anilines is 1. The molecule has 13 heteroatoms. The fourth-order valence-corrected chi connectivity index (χ4v) is 5.45. The zero-order valence-electron chi connectivity index (χ0n) is 17.9. The van der Waals surface area contributed by atoms with Gasteiger partial charge in [-0.15, -0.1) is 0 Å². The molecule has 1 aliphatic carbocycles. The fourth-order valence-electron chi connectivity index (χ4n) is 3.96. The monoisotopic (exact) mass is 518 g/mol. The molecule has 2 aliphatic rings. The summed E-state index contributed by atoms with van der Waals surface area (Å²) >= 11 is 0. The predicted molar refractivity (Wildman–Crippen MR) is 124 cm³/mol. The molecule has 0 fully saturated rings. The normalized spacial score (nSPS) is 12.3. The number of carbonyl (C=O) groups is 1. The van der Waals surface area contributed by atoms with Gasteiger partial charge < -0.3 is 15.3 Å². The smallest absolute Gasteiger partial charge is 0.300 e. The molecule has 0 unspecified atom stereocenters. The third kappa shape index (κ3) is 4.09. The van der Waals surface area contributed by atoms with E-state index in [9.17, 15) is 35.8 Å². The lowest BCUT2D eigenvalue weighted by Crippen LogP contribution is -2.16. The van der Waals surface area contributed by atoms with E-state index in [0.717, 1.165) is 6.07 Å². The first-order valence-electron chi connectivity index (χ1n) is 9.82. The Morgan fingerprint density at radius 1 is 0.971 bits per heavy atom. The Morgan fingerprint density at radius 2 is 1.63 bits per heavy atom. The van der Waals surface area contributed by atoms with E-state index in [1.54, 1.807) is 0 Å². The van der Waals surface area contributed by atoms with Gasteiger partial charge >= 0.3 is 0 Å². The van der Waals surface area contributed by atoms with Gasteiger partial charge in [-0.25, -0.2) is 0 Å². The molecule has 11 nitrogen and oxygen atoms in total. The first-order valence-corrected chi connectivity index (χ1v) is 12.7. The van der Waals surface area contributed by atoms with E-state index in [1.165, 1.54) is 43.3 Å². The molecule has 0 atom stereocenters. The second-order valence-electron chi connectivity index (χ2n) is 7.69. The topological polar surface area (TPSA) is 209 Å². The van der Waals surface area contributed by atoms with Crippen LogP contribution in [0.4, 0.5) is 5.69 Å². The number of hydrogen-bond acceptors (Lipinski definition) is 9. The Balaban J connectivity index is 2.39. The molecule has 0 spiro atoms. The second-order valence-corrected chi connectivity index (χ2v) is 10.4. The van der Waals surface area contributed by atoms with Gasteiger partial charge in [0.25, 0.3) is 20.2 Å². The van der Waals surface area contributed by atoms with Crippen LogP contribution in [0, 0.1) is 5.41 Å². The van der Waals surface area contributed by atoms with Crippen molar-refractivity contribution in [2.45, 2.75) is 23.3 Å². The molecule has 182 valence electrons. The lowest BCUT2D eigenvalue weighted by Gasteiger charge is -2.20. The van der Waals surface area contributed by atoms with Gasteiger partial charge in [0, 0.05) is 22.1 Å². The number of ketones is 1. The highest BCUT2D eigenvalue weighted by atomic mass is 32.2. The van der Waals surface area contributed by atoms with Crippen LogP contribution in [-0.2, 0) is 26.8 Å². The number of hydrogen-bond donors (Lipinski definition) is 5. The zero-order chi connectivity index (χ0) is 25.9.